The van der Waals surface area contributed by atoms with Crippen LogP contribution in [0.1, 0.15) is 35.9 Å². The third-order valence-corrected chi connectivity index (χ3v) is 3.25. The standard InChI is InChI=1S/C14H23N5/c1-5-6-19-10-14(12(3)17-19)8-15-7-13-9-18(4)16-11(13)2/h9-10,15H,5-8H2,1-4H3. The summed E-state index contributed by atoms with van der Waals surface area (Å²) in [4.78, 5) is 0. The van der Waals surface area contributed by atoms with Gasteiger partial charge in [-0.2, -0.15) is 10.2 Å². The molecule has 2 heterocycles. The molecule has 0 radical (unpaired) electrons. The zero-order chi connectivity index (χ0) is 13.8. The first kappa shape index (κ1) is 13.8. The molecule has 0 aliphatic carbocycles. The molecule has 0 bridgehead atoms. The van der Waals surface area contributed by atoms with Gasteiger partial charge in [-0.15, -0.1) is 0 Å². The molecule has 2 aromatic rings. The van der Waals surface area contributed by atoms with E-state index in [0.29, 0.717) is 0 Å². The largest absolute Gasteiger partial charge is 0.308 e. The Morgan fingerprint density at radius 3 is 2.26 bits per heavy atom. The van der Waals surface area contributed by atoms with Crippen LogP contribution in [0, 0.1) is 13.8 Å². The van der Waals surface area contributed by atoms with Crippen molar-refractivity contribution in [3.63, 3.8) is 0 Å². The van der Waals surface area contributed by atoms with E-state index in [4.69, 9.17) is 0 Å². The molecule has 0 amide bonds. The molecular formula is C14H23N5. The number of aromatic nitrogens is 4. The van der Waals surface area contributed by atoms with Crippen molar-refractivity contribution in [2.24, 2.45) is 7.05 Å². The van der Waals surface area contributed by atoms with Crippen molar-refractivity contribution in [1.82, 2.24) is 24.9 Å². The third-order valence-electron chi connectivity index (χ3n) is 3.25. The van der Waals surface area contributed by atoms with E-state index in [9.17, 15) is 0 Å². The van der Waals surface area contributed by atoms with Crippen LogP contribution in [0.25, 0.3) is 0 Å². The molecule has 5 nitrogen and oxygen atoms in total. The Morgan fingerprint density at radius 2 is 1.68 bits per heavy atom. The molecule has 2 aromatic heterocycles. The highest BCUT2D eigenvalue weighted by molar-refractivity contribution is 5.17. The van der Waals surface area contributed by atoms with Gasteiger partial charge in [0.2, 0.25) is 0 Å². The summed E-state index contributed by atoms with van der Waals surface area (Å²) < 4.78 is 3.89. The summed E-state index contributed by atoms with van der Waals surface area (Å²) in [5.41, 5.74) is 4.73. The molecule has 0 fully saturated rings. The second kappa shape index (κ2) is 6.02. The van der Waals surface area contributed by atoms with Crippen LogP contribution < -0.4 is 5.32 Å². The van der Waals surface area contributed by atoms with E-state index >= 15 is 0 Å². The molecule has 2 rings (SSSR count). The Balaban J connectivity index is 1.90. The quantitative estimate of drug-likeness (QED) is 0.864. The summed E-state index contributed by atoms with van der Waals surface area (Å²) in [6, 6.07) is 0. The number of nitrogens with zero attached hydrogens (tertiary/aromatic N) is 4. The Hall–Kier alpha value is -1.62. The van der Waals surface area contributed by atoms with Crippen molar-refractivity contribution in [2.75, 3.05) is 0 Å². The van der Waals surface area contributed by atoms with E-state index in [0.717, 1.165) is 37.4 Å². The van der Waals surface area contributed by atoms with E-state index in [1.54, 1.807) is 0 Å². The van der Waals surface area contributed by atoms with Crippen molar-refractivity contribution in [3.05, 3.63) is 34.9 Å². The summed E-state index contributed by atoms with van der Waals surface area (Å²) in [6.07, 6.45) is 5.32. The minimum atomic E-state index is 0.845. The first-order chi connectivity index (χ1) is 9.10. The number of nitrogens with one attached hydrogen (secondary N) is 1. The molecule has 104 valence electrons. The highest BCUT2D eigenvalue weighted by Gasteiger charge is 2.06. The minimum absolute atomic E-state index is 0.845. The lowest BCUT2D eigenvalue weighted by molar-refractivity contribution is 0.597. The van der Waals surface area contributed by atoms with Crippen molar-refractivity contribution in [1.29, 1.82) is 0 Å². The highest BCUT2D eigenvalue weighted by atomic mass is 15.3. The van der Waals surface area contributed by atoms with Gasteiger partial charge in [0.1, 0.15) is 0 Å². The summed E-state index contributed by atoms with van der Waals surface area (Å²) >= 11 is 0. The summed E-state index contributed by atoms with van der Waals surface area (Å²) in [6.45, 7) is 8.96. The zero-order valence-electron chi connectivity index (χ0n) is 12.3. The minimum Gasteiger partial charge on any atom is -0.308 e. The number of aryl methyl sites for hydroxylation is 4. The first-order valence-electron chi connectivity index (χ1n) is 6.83. The molecule has 0 unspecified atom stereocenters. The van der Waals surface area contributed by atoms with Gasteiger partial charge >= 0.3 is 0 Å². The van der Waals surface area contributed by atoms with Gasteiger partial charge in [-0.25, -0.2) is 0 Å². The second-order valence-corrected chi connectivity index (χ2v) is 5.02. The number of rotatable bonds is 6. The Kier molecular flexibility index (Phi) is 4.37. The van der Waals surface area contributed by atoms with Gasteiger partial charge in [-0.05, 0) is 20.3 Å². The molecule has 0 atom stereocenters. The fourth-order valence-corrected chi connectivity index (χ4v) is 2.23. The number of hydrogen-bond acceptors (Lipinski definition) is 3. The zero-order valence-corrected chi connectivity index (χ0v) is 12.3. The highest BCUT2D eigenvalue weighted by Crippen LogP contribution is 2.08. The lowest BCUT2D eigenvalue weighted by atomic mass is 10.2. The molecule has 0 saturated heterocycles. The van der Waals surface area contributed by atoms with Crippen LogP contribution in [0.5, 0.6) is 0 Å². The van der Waals surface area contributed by atoms with Crippen molar-refractivity contribution in [2.45, 2.75) is 46.8 Å². The predicted molar refractivity (Wildman–Crippen MR) is 75.7 cm³/mol. The Morgan fingerprint density at radius 1 is 1.05 bits per heavy atom. The molecule has 0 aromatic carbocycles. The van der Waals surface area contributed by atoms with E-state index in [-0.39, 0.29) is 0 Å². The van der Waals surface area contributed by atoms with E-state index in [1.807, 2.05) is 23.3 Å². The molecule has 1 N–H and O–H groups in total. The van der Waals surface area contributed by atoms with Crippen LogP contribution in [-0.2, 0) is 26.7 Å². The van der Waals surface area contributed by atoms with Gasteiger partial charge in [-0.1, -0.05) is 6.92 Å². The predicted octanol–water partition coefficient (Wildman–Crippen LogP) is 1.93. The molecule has 0 spiro atoms. The van der Waals surface area contributed by atoms with Crippen LogP contribution in [0.4, 0.5) is 0 Å². The van der Waals surface area contributed by atoms with Gasteiger partial charge in [0.15, 0.2) is 0 Å². The first-order valence-corrected chi connectivity index (χ1v) is 6.83. The van der Waals surface area contributed by atoms with Crippen molar-refractivity contribution < 1.29 is 0 Å². The number of hydrogen-bond donors (Lipinski definition) is 1. The lowest BCUT2D eigenvalue weighted by Crippen LogP contribution is -2.13. The maximum absolute atomic E-state index is 4.51. The van der Waals surface area contributed by atoms with Crippen LogP contribution in [0.15, 0.2) is 12.4 Å². The maximum atomic E-state index is 4.51. The maximum Gasteiger partial charge on any atom is 0.0638 e. The molecular weight excluding hydrogens is 238 g/mol. The van der Waals surface area contributed by atoms with Crippen LogP contribution >= 0.6 is 0 Å². The molecule has 19 heavy (non-hydrogen) atoms. The van der Waals surface area contributed by atoms with E-state index in [2.05, 4.69) is 41.8 Å². The fourth-order valence-electron chi connectivity index (χ4n) is 2.23. The molecule has 0 aliphatic rings. The summed E-state index contributed by atoms with van der Waals surface area (Å²) in [5.74, 6) is 0. The van der Waals surface area contributed by atoms with Crippen molar-refractivity contribution >= 4 is 0 Å². The fraction of sp³-hybridized carbons (Fsp3) is 0.571. The smallest absolute Gasteiger partial charge is 0.0638 e. The molecule has 5 heteroatoms. The molecule has 0 aliphatic heterocycles. The second-order valence-electron chi connectivity index (χ2n) is 5.02. The van der Waals surface area contributed by atoms with Gasteiger partial charge in [0, 0.05) is 50.2 Å². The van der Waals surface area contributed by atoms with Crippen LogP contribution in [-0.4, -0.2) is 19.6 Å². The van der Waals surface area contributed by atoms with Gasteiger partial charge < -0.3 is 5.32 Å². The van der Waals surface area contributed by atoms with E-state index < -0.39 is 0 Å². The summed E-state index contributed by atoms with van der Waals surface area (Å²) in [7, 11) is 1.95. The van der Waals surface area contributed by atoms with Crippen molar-refractivity contribution in [3.8, 4) is 0 Å². The topological polar surface area (TPSA) is 47.7 Å². The normalized spacial score (nSPS) is 11.2. The average molecular weight is 261 g/mol. The third kappa shape index (κ3) is 3.44. The average Bonchev–Trinajstić information content (AvgIpc) is 2.84. The Bertz CT molecular complexity index is 538. The van der Waals surface area contributed by atoms with Crippen LogP contribution in [0.3, 0.4) is 0 Å². The van der Waals surface area contributed by atoms with Crippen LogP contribution in [0.2, 0.25) is 0 Å². The van der Waals surface area contributed by atoms with Gasteiger partial charge in [-0.3, -0.25) is 9.36 Å². The molecule has 0 saturated carbocycles. The summed E-state index contributed by atoms with van der Waals surface area (Å²) in [5, 5.41) is 12.3. The lowest BCUT2D eigenvalue weighted by Gasteiger charge is -2.02. The van der Waals surface area contributed by atoms with E-state index in [1.165, 1.54) is 11.1 Å². The van der Waals surface area contributed by atoms with Gasteiger partial charge in [0.25, 0.3) is 0 Å². The SMILES string of the molecule is CCCn1cc(CNCc2cn(C)nc2C)c(C)n1. The van der Waals surface area contributed by atoms with Gasteiger partial charge in [0.05, 0.1) is 11.4 Å². The Labute approximate surface area is 114 Å². The monoisotopic (exact) mass is 261 g/mol.